The van der Waals surface area contributed by atoms with Gasteiger partial charge in [-0.15, -0.1) is 0 Å². The third-order valence-corrected chi connectivity index (χ3v) is 3.51. The van der Waals surface area contributed by atoms with Crippen molar-refractivity contribution in [2.45, 2.75) is 23.2 Å². The van der Waals surface area contributed by atoms with Crippen molar-refractivity contribution in [2.75, 3.05) is 13.2 Å². The average Bonchev–Trinajstić information content (AvgIpc) is 3.08. The van der Waals surface area contributed by atoms with E-state index in [9.17, 15) is 0 Å². The van der Waals surface area contributed by atoms with Gasteiger partial charge in [-0.05, 0) is 12.5 Å². The van der Waals surface area contributed by atoms with Crippen molar-refractivity contribution >= 4 is 11.8 Å². The minimum atomic E-state index is 0.278. The van der Waals surface area contributed by atoms with Gasteiger partial charge < -0.3 is 9.26 Å². The molecule has 1 saturated heterocycles. The molecule has 2 aromatic heterocycles. The molecule has 0 aliphatic carbocycles. The zero-order valence-electron chi connectivity index (χ0n) is 9.65. The fraction of sp³-hybridized carbons (Fsp3) is 0.455. The standard InChI is InChI=1S/C11H12N4O2S/c1-3-12-11(13-4-1)18-7-9-14-10(15-17-9)8-2-5-16-6-8/h1,3-4,8H,2,5-7H2/t8-/m0/s1. The molecule has 0 aromatic carbocycles. The zero-order chi connectivity index (χ0) is 12.2. The molecule has 94 valence electrons. The molecule has 6 nitrogen and oxygen atoms in total. The Morgan fingerprint density at radius 3 is 3.00 bits per heavy atom. The van der Waals surface area contributed by atoms with Gasteiger partial charge in [-0.2, -0.15) is 4.98 Å². The monoisotopic (exact) mass is 264 g/mol. The molecule has 0 saturated carbocycles. The Kier molecular flexibility index (Phi) is 3.51. The molecular formula is C11H12N4O2S. The summed E-state index contributed by atoms with van der Waals surface area (Å²) in [5, 5.41) is 4.70. The minimum Gasteiger partial charge on any atom is -0.381 e. The van der Waals surface area contributed by atoms with Crippen LogP contribution in [0.3, 0.4) is 0 Å². The van der Waals surface area contributed by atoms with E-state index in [0.717, 1.165) is 18.9 Å². The van der Waals surface area contributed by atoms with E-state index < -0.39 is 0 Å². The van der Waals surface area contributed by atoms with Crippen molar-refractivity contribution in [3.05, 3.63) is 30.2 Å². The molecule has 3 heterocycles. The summed E-state index contributed by atoms with van der Waals surface area (Å²) in [5.74, 6) is 2.22. The fourth-order valence-electron chi connectivity index (χ4n) is 1.72. The Labute approximate surface area is 108 Å². The van der Waals surface area contributed by atoms with E-state index in [1.165, 1.54) is 11.8 Å². The van der Waals surface area contributed by atoms with Crippen LogP contribution in [0.1, 0.15) is 24.1 Å². The van der Waals surface area contributed by atoms with Gasteiger partial charge >= 0.3 is 0 Å². The molecule has 1 aliphatic heterocycles. The van der Waals surface area contributed by atoms with Gasteiger partial charge in [-0.1, -0.05) is 16.9 Å². The summed E-state index contributed by atoms with van der Waals surface area (Å²) in [5.41, 5.74) is 0. The smallest absolute Gasteiger partial charge is 0.237 e. The van der Waals surface area contributed by atoms with Crippen LogP contribution in [0.5, 0.6) is 0 Å². The van der Waals surface area contributed by atoms with E-state index >= 15 is 0 Å². The molecule has 7 heteroatoms. The summed E-state index contributed by atoms with van der Waals surface area (Å²) in [7, 11) is 0. The first-order chi connectivity index (χ1) is 8.92. The van der Waals surface area contributed by atoms with Crippen LogP contribution in [0.15, 0.2) is 28.1 Å². The minimum absolute atomic E-state index is 0.278. The molecule has 1 fully saturated rings. The van der Waals surface area contributed by atoms with Crippen molar-refractivity contribution < 1.29 is 9.26 Å². The SMILES string of the molecule is c1cnc(SCc2nc([C@H]3CCOC3)no2)nc1. The third kappa shape index (κ3) is 2.68. The molecule has 0 unspecified atom stereocenters. The predicted octanol–water partition coefficient (Wildman–Crippen LogP) is 1.66. The highest BCUT2D eigenvalue weighted by Crippen LogP contribution is 2.24. The van der Waals surface area contributed by atoms with Crippen LogP contribution in [-0.4, -0.2) is 33.3 Å². The van der Waals surface area contributed by atoms with Crippen LogP contribution in [0.25, 0.3) is 0 Å². The van der Waals surface area contributed by atoms with Crippen LogP contribution in [0.2, 0.25) is 0 Å². The molecule has 0 bridgehead atoms. The number of hydrogen-bond acceptors (Lipinski definition) is 7. The lowest BCUT2D eigenvalue weighted by Gasteiger charge is -1.97. The number of aromatic nitrogens is 4. The Balaban J connectivity index is 1.60. The molecule has 1 atom stereocenters. The number of hydrogen-bond donors (Lipinski definition) is 0. The Hall–Kier alpha value is -1.47. The molecule has 0 N–H and O–H groups in total. The highest BCUT2D eigenvalue weighted by molar-refractivity contribution is 7.98. The topological polar surface area (TPSA) is 73.9 Å². The van der Waals surface area contributed by atoms with Crippen LogP contribution in [-0.2, 0) is 10.5 Å². The van der Waals surface area contributed by atoms with Gasteiger partial charge in [0.25, 0.3) is 0 Å². The first kappa shape index (κ1) is 11.6. The van der Waals surface area contributed by atoms with Crippen molar-refractivity contribution in [3.8, 4) is 0 Å². The molecule has 0 amide bonds. The number of ether oxygens (including phenoxy) is 1. The lowest BCUT2D eigenvalue weighted by Crippen LogP contribution is -1.99. The Bertz CT molecular complexity index is 499. The maximum atomic E-state index is 5.30. The maximum absolute atomic E-state index is 5.30. The lowest BCUT2D eigenvalue weighted by molar-refractivity contribution is 0.192. The predicted molar refractivity (Wildman–Crippen MR) is 64.1 cm³/mol. The molecular weight excluding hydrogens is 252 g/mol. The van der Waals surface area contributed by atoms with Gasteiger partial charge in [0.1, 0.15) is 0 Å². The summed E-state index contributed by atoms with van der Waals surface area (Å²) in [6.07, 6.45) is 4.39. The normalized spacial score (nSPS) is 19.2. The summed E-state index contributed by atoms with van der Waals surface area (Å²) in [4.78, 5) is 12.6. The third-order valence-electron chi connectivity index (χ3n) is 2.65. The Morgan fingerprint density at radius 2 is 2.22 bits per heavy atom. The van der Waals surface area contributed by atoms with Gasteiger partial charge in [0.2, 0.25) is 5.89 Å². The maximum Gasteiger partial charge on any atom is 0.237 e. The number of nitrogens with zero attached hydrogens (tertiary/aromatic N) is 4. The average molecular weight is 264 g/mol. The molecule has 1 aliphatic rings. The van der Waals surface area contributed by atoms with E-state index in [0.29, 0.717) is 23.4 Å². The van der Waals surface area contributed by atoms with Crippen LogP contribution < -0.4 is 0 Å². The summed E-state index contributed by atoms with van der Waals surface area (Å²) >= 11 is 1.48. The summed E-state index contributed by atoms with van der Waals surface area (Å²) in [6, 6.07) is 1.79. The van der Waals surface area contributed by atoms with Crippen LogP contribution in [0, 0.1) is 0 Å². The van der Waals surface area contributed by atoms with E-state index in [1.807, 2.05) is 0 Å². The van der Waals surface area contributed by atoms with Gasteiger partial charge in [0, 0.05) is 24.9 Å². The molecule has 2 aromatic rings. The van der Waals surface area contributed by atoms with Crippen molar-refractivity contribution in [2.24, 2.45) is 0 Å². The summed E-state index contributed by atoms with van der Waals surface area (Å²) in [6.45, 7) is 1.47. The van der Waals surface area contributed by atoms with Gasteiger partial charge in [-0.3, -0.25) is 0 Å². The van der Waals surface area contributed by atoms with Crippen LogP contribution in [0.4, 0.5) is 0 Å². The molecule has 0 radical (unpaired) electrons. The second-order valence-corrected chi connectivity index (χ2v) is 4.87. The molecule has 3 rings (SSSR count). The lowest BCUT2D eigenvalue weighted by atomic mass is 10.1. The number of rotatable bonds is 4. The fourth-order valence-corrected chi connectivity index (χ4v) is 2.36. The second-order valence-electron chi connectivity index (χ2n) is 3.93. The van der Waals surface area contributed by atoms with Crippen molar-refractivity contribution in [1.82, 2.24) is 20.1 Å². The van der Waals surface area contributed by atoms with Crippen LogP contribution >= 0.6 is 11.8 Å². The van der Waals surface area contributed by atoms with Gasteiger partial charge in [0.15, 0.2) is 11.0 Å². The number of thioether (sulfide) groups is 1. The van der Waals surface area contributed by atoms with E-state index in [2.05, 4.69) is 20.1 Å². The summed E-state index contributed by atoms with van der Waals surface area (Å²) < 4.78 is 10.5. The van der Waals surface area contributed by atoms with E-state index in [1.54, 1.807) is 18.5 Å². The van der Waals surface area contributed by atoms with Crippen molar-refractivity contribution in [1.29, 1.82) is 0 Å². The largest absolute Gasteiger partial charge is 0.381 e. The first-order valence-electron chi connectivity index (χ1n) is 5.72. The van der Waals surface area contributed by atoms with Crippen molar-refractivity contribution in [3.63, 3.8) is 0 Å². The first-order valence-corrected chi connectivity index (χ1v) is 6.70. The van der Waals surface area contributed by atoms with E-state index in [-0.39, 0.29) is 5.92 Å². The second kappa shape index (κ2) is 5.45. The molecule has 0 spiro atoms. The molecule has 18 heavy (non-hydrogen) atoms. The van der Waals surface area contributed by atoms with E-state index in [4.69, 9.17) is 9.26 Å². The Morgan fingerprint density at radius 1 is 1.33 bits per heavy atom. The highest BCUT2D eigenvalue weighted by Gasteiger charge is 2.23. The highest BCUT2D eigenvalue weighted by atomic mass is 32.2. The quantitative estimate of drug-likeness (QED) is 0.614. The van der Waals surface area contributed by atoms with Gasteiger partial charge in [0.05, 0.1) is 12.4 Å². The zero-order valence-corrected chi connectivity index (χ0v) is 10.5. The van der Waals surface area contributed by atoms with Gasteiger partial charge in [-0.25, -0.2) is 9.97 Å².